The predicted molar refractivity (Wildman–Crippen MR) is 110 cm³/mol. The summed E-state index contributed by atoms with van der Waals surface area (Å²) < 4.78 is 20.5. The summed E-state index contributed by atoms with van der Waals surface area (Å²) in [4.78, 5) is 12.7. The van der Waals surface area contributed by atoms with Gasteiger partial charge in [-0.15, -0.1) is 0 Å². The van der Waals surface area contributed by atoms with Crippen LogP contribution in [0.5, 0.6) is 5.75 Å². The molecule has 0 aliphatic heterocycles. The van der Waals surface area contributed by atoms with Gasteiger partial charge in [0.1, 0.15) is 17.7 Å². The standard InChI is InChI=1S/C24H27FN2O2/c1-14-7-10-18(19(25)11-14)20(28)27-21-23(3,4)22(24(21,5)6)29-17-9-8-16(13-26)15(2)12-17/h7-12,21-22H,1-6H3,(H,27,28). The summed E-state index contributed by atoms with van der Waals surface area (Å²) in [6, 6.07) is 12.0. The van der Waals surface area contributed by atoms with E-state index in [1.54, 1.807) is 25.1 Å². The van der Waals surface area contributed by atoms with E-state index in [1.807, 2.05) is 40.7 Å². The van der Waals surface area contributed by atoms with Crippen molar-refractivity contribution < 1.29 is 13.9 Å². The third-order valence-corrected chi connectivity index (χ3v) is 6.06. The number of hydrogen-bond donors (Lipinski definition) is 1. The molecule has 29 heavy (non-hydrogen) atoms. The highest BCUT2D eigenvalue weighted by atomic mass is 19.1. The van der Waals surface area contributed by atoms with Crippen molar-refractivity contribution in [3.63, 3.8) is 0 Å². The minimum absolute atomic E-state index is 0.0503. The van der Waals surface area contributed by atoms with Crippen LogP contribution < -0.4 is 10.1 Å². The average Bonchev–Trinajstić information content (AvgIpc) is 2.63. The molecule has 0 atom stereocenters. The first-order chi connectivity index (χ1) is 13.5. The Morgan fingerprint density at radius 3 is 2.31 bits per heavy atom. The second-order valence-electron chi connectivity index (χ2n) is 9.12. The SMILES string of the molecule is Cc1ccc(C(=O)NC2C(C)(C)C(Oc3ccc(C#N)c(C)c3)C2(C)C)c(F)c1. The van der Waals surface area contributed by atoms with Crippen molar-refractivity contribution >= 4 is 5.91 Å². The van der Waals surface area contributed by atoms with E-state index in [-0.39, 0.29) is 28.5 Å². The van der Waals surface area contributed by atoms with Crippen molar-refractivity contribution in [3.8, 4) is 11.8 Å². The van der Waals surface area contributed by atoms with Crippen LogP contribution in [0.1, 0.15) is 54.7 Å². The molecule has 1 amide bonds. The number of nitrogens with zero attached hydrogens (tertiary/aromatic N) is 1. The van der Waals surface area contributed by atoms with Gasteiger partial charge in [-0.05, 0) is 55.3 Å². The molecule has 3 rings (SSSR count). The number of halogens is 1. The molecule has 152 valence electrons. The molecule has 0 spiro atoms. The maximum atomic E-state index is 14.2. The molecule has 0 saturated heterocycles. The van der Waals surface area contributed by atoms with Crippen LogP contribution in [0.2, 0.25) is 0 Å². The lowest BCUT2D eigenvalue weighted by atomic mass is 9.49. The van der Waals surface area contributed by atoms with Gasteiger partial charge >= 0.3 is 0 Å². The normalized spacial score (nSPS) is 21.6. The van der Waals surface area contributed by atoms with Crippen LogP contribution in [0.3, 0.4) is 0 Å². The van der Waals surface area contributed by atoms with E-state index in [0.29, 0.717) is 11.3 Å². The van der Waals surface area contributed by atoms with Crippen LogP contribution in [-0.4, -0.2) is 18.1 Å². The number of rotatable bonds is 4. The fourth-order valence-electron chi connectivity index (χ4n) is 4.78. The van der Waals surface area contributed by atoms with Gasteiger partial charge in [0.25, 0.3) is 5.91 Å². The summed E-state index contributed by atoms with van der Waals surface area (Å²) in [7, 11) is 0. The summed E-state index contributed by atoms with van der Waals surface area (Å²) in [5.74, 6) is -0.235. The third kappa shape index (κ3) is 3.60. The van der Waals surface area contributed by atoms with Gasteiger partial charge < -0.3 is 10.1 Å². The van der Waals surface area contributed by atoms with Crippen LogP contribution in [0.4, 0.5) is 4.39 Å². The predicted octanol–water partition coefficient (Wildman–Crippen LogP) is 4.93. The second kappa shape index (κ2) is 7.18. The molecular weight excluding hydrogens is 367 g/mol. The maximum absolute atomic E-state index is 14.2. The van der Waals surface area contributed by atoms with Crippen molar-refractivity contribution in [2.75, 3.05) is 0 Å². The minimum Gasteiger partial charge on any atom is -0.489 e. The molecule has 0 aromatic heterocycles. The molecule has 0 radical (unpaired) electrons. The summed E-state index contributed by atoms with van der Waals surface area (Å²) in [5.41, 5.74) is 1.59. The highest BCUT2D eigenvalue weighted by molar-refractivity contribution is 5.95. The smallest absolute Gasteiger partial charge is 0.254 e. The molecular formula is C24H27FN2O2. The fourth-order valence-corrected chi connectivity index (χ4v) is 4.78. The summed E-state index contributed by atoms with van der Waals surface area (Å²) in [6.07, 6.45) is -0.157. The molecule has 2 aromatic rings. The average molecular weight is 394 g/mol. The lowest BCUT2D eigenvalue weighted by molar-refractivity contribution is -0.164. The third-order valence-electron chi connectivity index (χ3n) is 6.06. The largest absolute Gasteiger partial charge is 0.489 e. The Kier molecular flexibility index (Phi) is 5.17. The zero-order chi connectivity index (χ0) is 21.6. The van der Waals surface area contributed by atoms with Gasteiger partial charge in [0, 0.05) is 16.9 Å². The molecule has 1 aliphatic rings. The molecule has 0 heterocycles. The number of hydrogen-bond acceptors (Lipinski definition) is 3. The fraction of sp³-hybridized carbons (Fsp3) is 0.417. The Balaban J connectivity index is 1.78. The first kappa shape index (κ1) is 20.9. The van der Waals surface area contributed by atoms with E-state index in [1.165, 1.54) is 12.1 Å². The van der Waals surface area contributed by atoms with E-state index in [4.69, 9.17) is 10.00 Å². The molecule has 1 aliphatic carbocycles. The first-order valence-electron chi connectivity index (χ1n) is 9.73. The highest BCUT2D eigenvalue weighted by Crippen LogP contribution is 2.55. The van der Waals surface area contributed by atoms with Crippen molar-refractivity contribution in [1.29, 1.82) is 5.26 Å². The van der Waals surface area contributed by atoms with Crippen LogP contribution in [0.25, 0.3) is 0 Å². The molecule has 1 saturated carbocycles. The molecule has 0 unspecified atom stereocenters. The maximum Gasteiger partial charge on any atom is 0.254 e. The zero-order valence-electron chi connectivity index (χ0n) is 17.8. The number of aryl methyl sites for hydroxylation is 2. The summed E-state index contributed by atoms with van der Waals surface area (Å²) in [5, 5.41) is 12.1. The minimum atomic E-state index is -0.515. The van der Waals surface area contributed by atoms with Crippen LogP contribution >= 0.6 is 0 Å². The Hall–Kier alpha value is -2.87. The van der Waals surface area contributed by atoms with Gasteiger partial charge in [0.15, 0.2) is 0 Å². The monoisotopic (exact) mass is 394 g/mol. The quantitative estimate of drug-likeness (QED) is 0.800. The van der Waals surface area contributed by atoms with E-state index in [2.05, 4.69) is 11.4 Å². The number of carbonyl (C=O) groups excluding carboxylic acids is 1. The first-order valence-corrected chi connectivity index (χ1v) is 9.73. The summed E-state index contributed by atoms with van der Waals surface area (Å²) in [6.45, 7) is 11.8. The van der Waals surface area contributed by atoms with Crippen molar-refractivity contribution in [2.24, 2.45) is 10.8 Å². The van der Waals surface area contributed by atoms with E-state index in [9.17, 15) is 9.18 Å². The van der Waals surface area contributed by atoms with Gasteiger partial charge in [-0.3, -0.25) is 4.79 Å². The molecule has 2 aromatic carbocycles. The topological polar surface area (TPSA) is 62.1 Å². The molecule has 4 nitrogen and oxygen atoms in total. The molecule has 5 heteroatoms. The van der Waals surface area contributed by atoms with E-state index in [0.717, 1.165) is 11.1 Å². The number of nitriles is 1. The molecule has 0 bridgehead atoms. The van der Waals surface area contributed by atoms with Gasteiger partial charge in [0.2, 0.25) is 0 Å². The van der Waals surface area contributed by atoms with Gasteiger partial charge in [0.05, 0.1) is 17.2 Å². The Morgan fingerprint density at radius 1 is 1.10 bits per heavy atom. The number of amides is 1. The van der Waals surface area contributed by atoms with Crippen LogP contribution in [-0.2, 0) is 0 Å². The van der Waals surface area contributed by atoms with Gasteiger partial charge in [-0.2, -0.15) is 5.26 Å². The zero-order valence-corrected chi connectivity index (χ0v) is 17.8. The van der Waals surface area contributed by atoms with Gasteiger partial charge in [-0.25, -0.2) is 4.39 Å². The van der Waals surface area contributed by atoms with E-state index >= 15 is 0 Å². The number of nitrogens with one attached hydrogen (secondary N) is 1. The Morgan fingerprint density at radius 2 is 1.76 bits per heavy atom. The van der Waals surface area contributed by atoms with Crippen LogP contribution in [0.15, 0.2) is 36.4 Å². The number of benzene rings is 2. The van der Waals surface area contributed by atoms with Gasteiger partial charge in [-0.1, -0.05) is 33.8 Å². The van der Waals surface area contributed by atoms with Crippen LogP contribution in [0, 0.1) is 41.8 Å². The second-order valence-corrected chi connectivity index (χ2v) is 9.12. The van der Waals surface area contributed by atoms with E-state index < -0.39 is 11.7 Å². The summed E-state index contributed by atoms with van der Waals surface area (Å²) >= 11 is 0. The Bertz CT molecular complexity index is 988. The highest BCUT2D eigenvalue weighted by Gasteiger charge is 2.64. The lowest BCUT2D eigenvalue weighted by Crippen LogP contribution is -2.74. The van der Waals surface area contributed by atoms with Crippen molar-refractivity contribution in [1.82, 2.24) is 5.32 Å². The number of carbonyl (C=O) groups is 1. The Labute approximate surface area is 171 Å². The molecule has 1 fully saturated rings. The van der Waals surface area contributed by atoms with Crippen molar-refractivity contribution in [3.05, 3.63) is 64.5 Å². The molecule has 1 N–H and O–H groups in total. The number of ether oxygens (including phenoxy) is 1. The lowest BCUT2D eigenvalue weighted by Gasteiger charge is -2.63. The van der Waals surface area contributed by atoms with Crippen molar-refractivity contribution in [2.45, 2.75) is 53.7 Å².